The number of hydrogen-bond donors (Lipinski definition) is 2. The van der Waals surface area contributed by atoms with Crippen LogP contribution < -0.4 is 11.1 Å². The van der Waals surface area contributed by atoms with Gasteiger partial charge in [-0.3, -0.25) is 9.69 Å². The molecule has 1 heterocycles. The molecule has 1 aliphatic heterocycles. The molecular weight excluding hydrogens is 206 g/mol. The van der Waals surface area contributed by atoms with Crippen LogP contribution in [0, 0.1) is 0 Å². The maximum atomic E-state index is 11.6. The molecule has 1 amide bonds. The molecule has 1 unspecified atom stereocenters. The Balaban J connectivity index is 2.32. The van der Waals surface area contributed by atoms with Crippen molar-refractivity contribution in [3.63, 3.8) is 0 Å². The number of morpholine rings is 1. The van der Waals surface area contributed by atoms with Gasteiger partial charge in [-0.1, -0.05) is 6.42 Å². The lowest BCUT2D eigenvalue weighted by atomic mass is 10.1. The summed E-state index contributed by atoms with van der Waals surface area (Å²) in [6.07, 6.45) is 3.30. The molecule has 0 aromatic heterocycles. The van der Waals surface area contributed by atoms with Crippen molar-refractivity contribution < 1.29 is 9.53 Å². The minimum atomic E-state index is -0.114. The molecule has 1 fully saturated rings. The van der Waals surface area contributed by atoms with E-state index in [0.717, 1.165) is 45.5 Å². The molecule has 0 spiro atoms. The average Bonchev–Trinajstić information content (AvgIpc) is 2.34. The van der Waals surface area contributed by atoms with Gasteiger partial charge in [0.2, 0.25) is 5.91 Å². The fourth-order valence-electron chi connectivity index (χ4n) is 1.95. The molecule has 5 nitrogen and oxygen atoms in total. The van der Waals surface area contributed by atoms with Crippen molar-refractivity contribution in [3.8, 4) is 0 Å². The summed E-state index contributed by atoms with van der Waals surface area (Å²) in [6.45, 7) is 3.80. The van der Waals surface area contributed by atoms with Gasteiger partial charge in [0.05, 0.1) is 13.2 Å². The molecule has 0 radical (unpaired) electrons. The SMILES string of the molecule is CNC(=O)C1COCCN1CCCCCN. The van der Waals surface area contributed by atoms with Crippen molar-refractivity contribution >= 4 is 5.91 Å². The standard InChI is InChI=1S/C11H23N3O2/c1-13-11(15)10-9-16-8-7-14(10)6-4-2-3-5-12/h10H,2-9,12H2,1H3,(H,13,15). The molecular formula is C11H23N3O2. The number of carbonyl (C=O) groups is 1. The van der Waals surface area contributed by atoms with Crippen LogP contribution in [0.2, 0.25) is 0 Å². The molecule has 1 atom stereocenters. The maximum Gasteiger partial charge on any atom is 0.239 e. The van der Waals surface area contributed by atoms with Crippen LogP contribution in [0.5, 0.6) is 0 Å². The van der Waals surface area contributed by atoms with Crippen molar-refractivity contribution in [2.75, 3.05) is 39.9 Å². The molecule has 16 heavy (non-hydrogen) atoms. The van der Waals surface area contributed by atoms with Gasteiger partial charge >= 0.3 is 0 Å². The monoisotopic (exact) mass is 229 g/mol. The Kier molecular flexibility index (Phi) is 6.37. The van der Waals surface area contributed by atoms with E-state index in [1.165, 1.54) is 0 Å². The van der Waals surface area contributed by atoms with Gasteiger partial charge in [0.15, 0.2) is 0 Å². The molecule has 0 aliphatic carbocycles. The Labute approximate surface area is 97.3 Å². The molecule has 0 saturated carbocycles. The van der Waals surface area contributed by atoms with Crippen LogP contribution >= 0.6 is 0 Å². The topological polar surface area (TPSA) is 67.6 Å². The van der Waals surface area contributed by atoms with E-state index < -0.39 is 0 Å². The summed E-state index contributed by atoms with van der Waals surface area (Å²) in [5.74, 6) is 0.0542. The van der Waals surface area contributed by atoms with Crippen molar-refractivity contribution in [1.82, 2.24) is 10.2 Å². The third-order valence-corrected chi connectivity index (χ3v) is 2.94. The maximum absolute atomic E-state index is 11.6. The van der Waals surface area contributed by atoms with Gasteiger partial charge in [0.25, 0.3) is 0 Å². The van der Waals surface area contributed by atoms with Crippen LogP contribution in [0.1, 0.15) is 19.3 Å². The number of nitrogens with two attached hydrogens (primary N) is 1. The van der Waals surface area contributed by atoms with Crippen LogP contribution in [0.4, 0.5) is 0 Å². The lowest BCUT2D eigenvalue weighted by Gasteiger charge is -2.34. The van der Waals surface area contributed by atoms with Gasteiger partial charge in [-0.15, -0.1) is 0 Å². The number of hydrogen-bond acceptors (Lipinski definition) is 4. The predicted molar refractivity (Wildman–Crippen MR) is 63.2 cm³/mol. The highest BCUT2D eigenvalue weighted by Crippen LogP contribution is 2.09. The van der Waals surface area contributed by atoms with Gasteiger partial charge in [0.1, 0.15) is 6.04 Å². The number of carbonyl (C=O) groups excluding carboxylic acids is 1. The van der Waals surface area contributed by atoms with Crippen molar-refractivity contribution in [3.05, 3.63) is 0 Å². The van der Waals surface area contributed by atoms with Crippen molar-refractivity contribution in [2.45, 2.75) is 25.3 Å². The van der Waals surface area contributed by atoms with Crippen LogP contribution in [0.25, 0.3) is 0 Å². The van der Waals surface area contributed by atoms with E-state index in [9.17, 15) is 4.79 Å². The summed E-state index contributed by atoms with van der Waals surface area (Å²) in [6, 6.07) is -0.114. The molecule has 1 aliphatic rings. The highest BCUT2D eigenvalue weighted by Gasteiger charge is 2.27. The lowest BCUT2D eigenvalue weighted by molar-refractivity contribution is -0.132. The third kappa shape index (κ3) is 4.08. The second kappa shape index (κ2) is 7.60. The van der Waals surface area contributed by atoms with E-state index in [1.807, 2.05) is 0 Å². The molecule has 94 valence electrons. The first-order chi connectivity index (χ1) is 7.79. The fourth-order valence-corrected chi connectivity index (χ4v) is 1.95. The van der Waals surface area contributed by atoms with Crippen LogP contribution in [-0.4, -0.2) is 56.7 Å². The Hall–Kier alpha value is -0.650. The van der Waals surface area contributed by atoms with Crippen molar-refractivity contribution in [1.29, 1.82) is 0 Å². The smallest absolute Gasteiger partial charge is 0.239 e. The highest BCUT2D eigenvalue weighted by molar-refractivity contribution is 5.81. The van der Waals surface area contributed by atoms with Gasteiger partial charge in [-0.25, -0.2) is 0 Å². The Morgan fingerprint density at radius 2 is 2.31 bits per heavy atom. The quantitative estimate of drug-likeness (QED) is 0.606. The largest absolute Gasteiger partial charge is 0.378 e. The van der Waals surface area contributed by atoms with Gasteiger partial charge in [-0.2, -0.15) is 0 Å². The first kappa shape index (κ1) is 13.4. The summed E-state index contributed by atoms with van der Waals surface area (Å²) >= 11 is 0. The molecule has 3 N–H and O–H groups in total. The van der Waals surface area contributed by atoms with Crippen LogP contribution in [0.15, 0.2) is 0 Å². The van der Waals surface area contributed by atoms with E-state index in [4.69, 9.17) is 10.5 Å². The zero-order valence-corrected chi connectivity index (χ0v) is 10.1. The zero-order valence-electron chi connectivity index (χ0n) is 10.1. The summed E-state index contributed by atoms with van der Waals surface area (Å²) in [5, 5.41) is 2.69. The number of nitrogens with one attached hydrogen (secondary N) is 1. The first-order valence-corrected chi connectivity index (χ1v) is 6.03. The van der Waals surface area contributed by atoms with Crippen molar-refractivity contribution in [2.24, 2.45) is 5.73 Å². The molecule has 0 bridgehead atoms. The summed E-state index contributed by atoms with van der Waals surface area (Å²) in [7, 11) is 1.67. The minimum Gasteiger partial charge on any atom is -0.378 e. The number of unbranched alkanes of at least 4 members (excludes halogenated alkanes) is 2. The molecule has 0 aromatic rings. The molecule has 0 aromatic carbocycles. The highest BCUT2D eigenvalue weighted by atomic mass is 16.5. The Morgan fingerprint density at radius 3 is 3.00 bits per heavy atom. The molecule has 1 rings (SSSR count). The first-order valence-electron chi connectivity index (χ1n) is 6.03. The predicted octanol–water partition coefficient (Wildman–Crippen LogP) is -0.438. The van der Waals surface area contributed by atoms with Gasteiger partial charge < -0.3 is 15.8 Å². The Bertz CT molecular complexity index is 211. The average molecular weight is 229 g/mol. The van der Waals surface area contributed by atoms with Crippen LogP contribution in [-0.2, 0) is 9.53 Å². The normalized spacial score (nSPS) is 22.0. The summed E-state index contributed by atoms with van der Waals surface area (Å²) in [5.41, 5.74) is 5.45. The number of amides is 1. The second-order valence-electron chi connectivity index (χ2n) is 4.09. The number of likely N-dealkylation sites (N-methyl/N-ethyl adjacent to an activating group) is 1. The minimum absolute atomic E-state index is 0.0542. The van der Waals surface area contributed by atoms with Gasteiger partial charge in [0, 0.05) is 13.6 Å². The molecule has 5 heteroatoms. The second-order valence-corrected chi connectivity index (χ2v) is 4.09. The van der Waals surface area contributed by atoms with E-state index in [1.54, 1.807) is 7.05 Å². The summed E-state index contributed by atoms with van der Waals surface area (Å²) < 4.78 is 5.34. The molecule has 1 saturated heterocycles. The van der Waals surface area contributed by atoms with Crippen LogP contribution in [0.3, 0.4) is 0 Å². The van der Waals surface area contributed by atoms with E-state index in [0.29, 0.717) is 6.61 Å². The van der Waals surface area contributed by atoms with E-state index in [2.05, 4.69) is 10.2 Å². The Morgan fingerprint density at radius 1 is 1.50 bits per heavy atom. The zero-order chi connectivity index (χ0) is 11.8. The lowest BCUT2D eigenvalue weighted by Crippen LogP contribution is -2.53. The number of nitrogens with zero attached hydrogens (tertiary/aromatic N) is 1. The van der Waals surface area contributed by atoms with Gasteiger partial charge in [-0.05, 0) is 25.9 Å². The summed E-state index contributed by atoms with van der Waals surface area (Å²) in [4.78, 5) is 13.8. The third-order valence-electron chi connectivity index (χ3n) is 2.94. The van der Waals surface area contributed by atoms with E-state index >= 15 is 0 Å². The fraction of sp³-hybridized carbons (Fsp3) is 0.909. The number of rotatable bonds is 6. The van der Waals surface area contributed by atoms with E-state index in [-0.39, 0.29) is 11.9 Å². The number of ether oxygens (including phenoxy) is 1.